The van der Waals surface area contributed by atoms with Crippen molar-refractivity contribution in [2.45, 2.75) is 97.3 Å². The largest absolute Gasteiger partial charge is 0.494 e. The van der Waals surface area contributed by atoms with Crippen molar-refractivity contribution in [3.8, 4) is 22.9 Å². The van der Waals surface area contributed by atoms with Crippen LogP contribution < -0.4 is 9.47 Å². The molecule has 0 N–H and O–H groups in total. The first-order chi connectivity index (χ1) is 20.1. The number of hydrogen-bond acceptors (Lipinski definition) is 5. The number of hydrogen-bond donors (Lipinski definition) is 0. The number of aryl methyl sites for hydroxylation is 1. The van der Waals surface area contributed by atoms with E-state index in [4.69, 9.17) is 9.47 Å². The lowest BCUT2D eigenvalue weighted by Gasteiger charge is -2.08. The normalized spacial score (nSPS) is 11.7. The van der Waals surface area contributed by atoms with Gasteiger partial charge in [-0.15, -0.1) is 6.58 Å². The standard InChI is InChI=1S/C36H48N2O3/c1-4-6-7-8-9-10-11-12-15-26-40-33-22-20-32(21-23-33)36(39)41-34-24-18-31(19-25-34)35-37-27-30(28-38-35)17-14-13-16-29(3)5-2/h4,18-25,27-29H,1,5-17,26H2,2-3H3. The van der Waals surface area contributed by atoms with Gasteiger partial charge >= 0.3 is 5.97 Å². The molecule has 1 aromatic heterocycles. The smallest absolute Gasteiger partial charge is 0.343 e. The Hall–Kier alpha value is -3.47. The van der Waals surface area contributed by atoms with Crippen LogP contribution in [0.5, 0.6) is 11.5 Å². The third kappa shape index (κ3) is 12.3. The van der Waals surface area contributed by atoms with Crippen LogP contribution in [-0.4, -0.2) is 22.5 Å². The highest BCUT2D eigenvalue weighted by Gasteiger charge is 2.10. The molecule has 1 unspecified atom stereocenters. The van der Waals surface area contributed by atoms with Gasteiger partial charge in [-0.25, -0.2) is 14.8 Å². The van der Waals surface area contributed by atoms with E-state index in [-0.39, 0.29) is 0 Å². The number of allylic oxidation sites excluding steroid dienone is 1. The summed E-state index contributed by atoms with van der Waals surface area (Å²) in [6.07, 6.45) is 21.5. The minimum atomic E-state index is -0.397. The molecule has 0 bridgehead atoms. The number of carbonyl (C=O) groups excluding carboxylic acids is 1. The van der Waals surface area contributed by atoms with Crippen LogP contribution in [0.2, 0.25) is 0 Å². The molecule has 3 rings (SSSR count). The molecule has 0 radical (unpaired) electrons. The van der Waals surface area contributed by atoms with E-state index in [1.807, 2.05) is 42.7 Å². The van der Waals surface area contributed by atoms with E-state index in [2.05, 4.69) is 30.4 Å². The van der Waals surface area contributed by atoms with Gasteiger partial charge < -0.3 is 9.47 Å². The lowest BCUT2D eigenvalue weighted by atomic mass is 10.00. The Morgan fingerprint density at radius 1 is 0.829 bits per heavy atom. The number of unbranched alkanes of at least 4 members (excludes halogenated alkanes) is 8. The molecule has 5 nitrogen and oxygen atoms in total. The molecule has 0 aliphatic carbocycles. The van der Waals surface area contributed by atoms with Gasteiger partial charge in [-0.2, -0.15) is 0 Å². The molecule has 41 heavy (non-hydrogen) atoms. The molecular weight excluding hydrogens is 508 g/mol. The van der Waals surface area contributed by atoms with Crippen LogP contribution in [0.4, 0.5) is 0 Å². The third-order valence-corrected chi connectivity index (χ3v) is 7.55. The highest BCUT2D eigenvalue weighted by Crippen LogP contribution is 2.22. The van der Waals surface area contributed by atoms with Gasteiger partial charge in [-0.05, 0) is 92.1 Å². The Labute approximate surface area is 247 Å². The van der Waals surface area contributed by atoms with Crippen molar-refractivity contribution in [2.75, 3.05) is 6.61 Å². The molecular formula is C36H48N2O3. The van der Waals surface area contributed by atoms with Gasteiger partial charge in [-0.1, -0.05) is 71.3 Å². The van der Waals surface area contributed by atoms with Gasteiger partial charge in [0.15, 0.2) is 5.82 Å². The Kier molecular flexibility index (Phi) is 14.7. The van der Waals surface area contributed by atoms with Gasteiger partial charge in [-0.3, -0.25) is 0 Å². The van der Waals surface area contributed by atoms with Gasteiger partial charge in [0.25, 0.3) is 0 Å². The second-order valence-corrected chi connectivity index (χ2v) is 11.0. The monoisotopic (exact) mass is 556 g/mol. The number of nitrogens with zero attached hydrogens (tertiary/aromatic N) is 2. The topological polar surface area (TPSA) is 61.3 Å². The van der Waals surface area contributed by atoms with Crippen molar-refractivity contribution in [1.29, 1.82) is 0 Å². The van der Waals surface area contributed by atoms with Crippen molar-refractivity contribution >= 4 is 5.97 Å². The maximum absolute atomic E-state index is 12.6. The van der Waals surface area contributed by atoms with E-state index in [0.29, 0.717) is 23.7 Å². The summed E-state index contributed by atoms with van der Waals surface area (Å²) in [5.74, 6) is 2.32. The average molecular weight is 557 g/mol. The van der Waals surface area contributed by atoms with Crippen molar-refractivity contribution in [1.82, 2.24) is 9.97 Å². The summed E-state index contributed by atoms with van der Waals surface area (Å²) in [7, 11) is 0. The molecule has 0 aliphatic rings. The number of esters is 1. The summed E-state index contributed by atoms with van der Waals surface area (Å²) >= 11 is 0. The van der Waals surface area contributed by atoms with Crippen LogP contribution in [0.15, 0.2) is 73.6 Å². The quantitative estimate of drug-likeness (QED) is 0.0600. The number of benzene rings is 2. The Morgan fingerprint density at radius 2 is 1.46 bits per heavy atom. The van der Waals surface area contributed by atoms with E-state index in [1.54, 1.807) is 24.3 Å². The maximum Gasteiger partial charge on any atom is 0.343 e. The van der Waals surface area contributed by atoms with Gasteiger partial charge in [0.05, 0.1) is 12.2 Å². The molecule has 0 amide bonds. The highest BCUT2D eigenvalue weighted by molar-refractivity contribution is 5.91. The molecule has 2 aromatic carbocycles. The third-order valence-electron chi connectivity index (χ3n) is 7.55. The average Bonchev–Trinajstić information content (AvgIpc) is 3.01. The maximum atomic E-state index is 12.6. The second kappa shape index (κ2) is 18.8. The van der Waals surface area contributed by atoms with Crippen LogP contribution in [0.25, 0.3) is 11.4 Å². The fourth-order valence-electron chi connectivity index (χ4n) is 4.65. The fraction of sp³-hybridized carbons (Fsp3) is 0.472. The molecule has 1 heterocycles. The van der Waals surface area contributed by atoms with E-state index in [1.165, 1.54) is 69.8 Å². The molecule has 0 spiro atoms. The van der Waals surface area contributed by atoms with Crippen molar-refractivity contribution in [2.24, 2.45) is 5.92 Å². The Bertz CT molecular complexity index is 1140. The fourth-order valence-corrected chi connectivity index (χ4v) is 4.65. The van der Waals surface area contributed by atoms with Crippen LogP contribution in [0.3, 0.4) is 0 Å². The molecule has 5 heteroatoms. The molecule has 220 valence electrons. The molecule has 0 saturated heterocycles. The van der Waals surface area contributed by atoms with Crippen LogP contribution >= 0.6 is 0 Å². The van der Waals surface area contributed by atoms with E-state index in [0.717, 1.165) is 36.5 Å². The first kappa shape index (κ1) is 32.0. The highest BCUT2D eigenvalue weighted by atomic mass is 16.5. The van der Waals surface area contributed by atoms with Crippen molar-refractivity contribution in [3.63, 3.8) is 0 Å². The number of carbonyl (C=O) groups is 1. The summed E-state index contributed by atoms with van der Waals surface area (Å²) in [4.78, 5) is 21.7. The predicted molar refractivity (Wildman–Crippen MR) is 169 cm³/mol. The number of aromatic nitrogens is 2. The first-order valence-electron chi connectivity index (χ1n) is 15.6. The SMILES string of the molecule is C=CCCCCCCCCCOc1ccc(C(=O)Oc2ccc(-c3ncc(CCCCC(C)CC)cn3)cc2)cc1. The molecule has 3 aromatic rings. The van der Waals surface area contributed by atoms with Gasteiger partial charge in [0, 0.05) is 18.0 Å². The number of rotatable bonds is 20. The number of ether oxygens (including phenoxy) is 2. The zero-order valence-electron chi connectivity index (χ0n) is 25.2. The second-order valence-electron chi connectivity index (χ2n) is 11.0. The minimum absolute atomic E-state index is 0.397. The zero-order valence-corrected chi connectivity index (χ0v) is 25.2. The van der Waals surface area contributed by atoms with E-state index >= 15 is 0 Å². The first-order valence-corrected chi connectivity index (χ1v) is 15.6. The van der Waals surface area contributed by atoms with Crippen LogP contribution in [0, 0.1) is 5.92 Å². The predicted octanol–water partition coefficient (Wildman–Crippen LogP) is 9.81. The lowest BCUT2D eigenvalue weighted by molar-refractivity contribution is 0.0734. The Morgan fingerprint density at radius 3 is 2.12 bits per heavy atom. The molecule has 0 fully saturated rings. The van der Waals surface area contributed by atoms with Crippen molar-refractivity contribution in [3.05, 3.63) is 84.7 Å². The summed E-state index contributed by atoms with van der Waals surface area (Å²) in [6, 6.07) is 14.5. The molecule has 1 atom stereocenters. The minimum Gasteiger partial charge on any atom is -0.494 e. The van der Waals surface area contributed by atoms with E-state index < -0.39 is 5.97 Å². The summed E-state index contributed by atoms with van der Waals surface area (Å²) < 4.78 is 11.4. The molecule has 0 aliphatic heterocycles. The van der Waals surface area contributed by atoms with E-state index in [9.17, 15) is 4.79 Å². The summed E-state index contributed by atoms with van der Waals surface area (Å²) in [5.41, 5.74) is 2.54. The Balaban J connectivity index is 1.36. The summed E-state index contributed by atoms with van der Waals surface area (Å²) in [6.45, 7) is 9.02. The molecule has 0 saturated carbocycles. The van der Waals surface area contributed by atoms with Crippen LogP contribution in [0.1, 0.15) is 107 Å². The van der Waals surface area contributed by atoms with Crippen molar-refractivity contribution < 1.29 is 14.3 Å². The zero-order chi connectivity index (χ0) is 29.1. The van der Waals surface area contributed by atoms with Crippen LogP contribution in [-0.2, 0) is 6.42 Å². The summed E-state index contributed by atoms with van der Waals surface area (Å²) in [5, 5.41) is 0. The lowest BCUT2D eigenvalue weighted by Crippen LogP contribution is -2.08. The van der Waals surface area contributed by atoms with Gasteiger partial charge in [0.2, 0.25) is 0 Å². The van der Waals surface area contributed by atoms with Gasteiger partial charge in [0.1, 0.15) is 11.5 Å².